The van der Waals surface area contributed by atoms with Crippen molar-refractivity contribution < 1.29 is 24.3 Å². The summed E-state index contributed by atoms with van der Waals surface area (Å²) in [4.78, 5) is 21.7. The van der Waals surface area contributed by atoms with E-state index >= 15 is 0 Å². The molecule has 0 amide bonds. The Morgan fingerprint density at radius 2 is 1.91 bits per heavy atom. The summed E-state index contributed by atoms with van der Waals surface area (Å²) in [5.74, 6) is -0.110. The number of methoxy groups -OCH3 is 1. The van der Waals surface area contributed by atoms with Gasteiger partial charge in [-0.05, 0) is 69.6 Å². The fourth-order valence-electron chi connectivity index (χ4n) is 3.05. The third-order valence-corrected chi connectivity index (χ3v) is 5.41. The highest BCUT2D eigenvalue weighted by atomic mass is 127. The van der Waals surface area contributed by atoms with Gasteiger partial charge in [0.25, 0.3) is 5.69 Å². The molecule has 0 heterocycles. The zero-order chi connectivity index (χ0) is 24.0. The molecule has 0 saturated carbocycles. The number of allylic oxidation sites excluding steroid dienone is 1. The molecule has 8 nitrogen and oxygen atoms in total. The Hall–Kier alpha value is -3.91. The molecule has 0 saturated heterocycles. The highest BCUT2D eigenvalue weighted by Gasteiger charge is 2.14. The maximum atomic E-state index is 11.2. The Balaban J connectivity index is 1.90. The van der Waals surface area contributed by atoms with Gasteiger partial charge in [0.05, 0.1) is 32.8 Å². The predicted molar refractivity (Wildman–Crippen MR) is 130 cm³/mol. The van der Waals surface area contributed by atoms with E-state index in [9.17, 15) is 20.2 Å². The summed E-state index contributed by atoms with van der Waals surface area (Å²) in [6, 6.07) is 17.9. The van der Waals surface area contributed by atoms with Crippen LogP contribution in [-0.2, 0) is 6.61 Å². The molecule has 3 aromatic rings. The molecule has 0 bridgehead atoms. The molecule has 1 N–H and O–H groups in total. The van der Waals surface area contributed by atoms with Crippen molar-refractivity contribution in [1.29, 1.82) is 5.26 Å². The van der Waals surface area contributed by atoms with Crippen LogP contribution in [0.25, 0.3) is 11.6 Å². The van der Waals surface area contributed by atoms with Gasteiger partial charge in [-0.3, -0.25) is 10.1 Å². The number of nitriles is 1. The van der Waals surface area contributed by atoms with Crippen LogP contribution in [0.4, 0.5) is 5.69 Å². The third-order valence-electron chi connectivity index (χ3n) is 4.61. The number of nitro benzene ring substituents is 1. The molecule has 9 heteroatoms. The van der Waals surface area contributed by atoms with Gasteiger partial charge in [0.15, 0.2) is 11.5 Å². The van der Waals surface area contributed by atoms with Crippen molar-refractivity contribution in [3.05, 3.63) is 96.6 Å². The van der Waals surface area contributed by atoms with Crippen LogP contribution in [0.3, 0.4) is 0 Å². The summed E-state index contributed by atoms with van der Waals surface area (Å²) >= 11 is 2.08. The molecule has 0 aliphatic heterocycles. The van der Waals surface area contributed by atoms with Crippen LogP contribution in [-0.4, -0.2) is 23.1 Å². The number of non-ortho nitro benzene ring substituents is 1. The maximum Gasteiger partial charge on any atom is 0.335 e. The van der Waals surface area contributed by atoms with Crippen LogP contribution in [0.15, 0.2) is 60.7 Å². The topological polar surface area (TPSA) is 123 Å². The molecular formula is C24H17IN2O6. The van der Waals surface area contributed by atoms with Gasteiger partial charge in [-0.25, -0.2) is 4.79 Å². The first kappa shape index (κ1) is 23.7. The molecule has 0 spiro atoms. The summed E-state index contributed by atoms with van der Waals surface area (Å²) < 4.78 is 12.1. The molecule has 0 aliphatic rings. The first-order valence-corrected chi connectivity index (χ1v) is 10.6. The van der Waals surface area contributed by atoms with Gasteiger partial charge in [0.1, 0.15) is 6.61 Å². The van der Waals surface area contributed by atoms with Crippen molar-refractivity contribution >= 4 is 45.9 Å². The van der Waals surface area contributed by atoms with Crippen LogP contribution in [0.1, 0.15) is 27.0 Å². The number of hydrogen-bond donors (Lipinski definition) is 1. The second-order valence-electron chi connectivity index (χ2n) is 6.81. The molecule has 33 heavy (non-hydrogen) atoms. The largest absolute Gasteiger partial charge is 0.493 e. The molecule has 0 atom stereocenters. The molecule has 166 valence electrons. The molecule has 0 fully saturated rings. The summed E-state index contributed by atoms with van der Waals surface area (Å²) in [6.45, 7) is 0.139. The Bertz CT molecular complexity index is 1300. The monoisotopic (exact) mass is 556 g/mol. The van der Waals surface area contributed by atoms with Crippen LogP contribution in [0, 0.1) is 25.0 Å². The number of nitrogens with zero attached hydrogens (tertiary/aromatic N) is 2. The highest BCUT2D eigenvalue weighted by molar-refractivity contribution is 14.1. The van der Waals surface area contributed by atoms with Crippen molar-refractivity contribution in [3.63, 3.8) is 0 Å². The van der Waals surface area contributed by atoms with Crippen LogP contribution < -0.4 is 9.47 Å². The number of carbonyl (C=O) groups is 1. The molecule has 3 aromatic carbocycles. The standard InChI is InChI=1S/C24H17IN2O6/c1-32-22-11-16(9-19(13-26)17-5-3-7-20(12-17)27(30)31)10-21(25)23(22)33-14-15-4-2-6-18(8-15)24(28)29/h2-12H,14H2,1H3,(H,28,29)/b19-9-. The predicted octanol–water partition coefficient (Wildman–Crippen LogP) is 5.55. The van der Waals surface area contributed by atoms with Crippen molar-refractivity contribution in [1.82, 2.24) is 0 Å². The Morgan fingerprint density at radius 3 is 2.58 bits per heavy atom. The van der Waals surface area contributed by atoms with E-state index in [2.05, 4.69) is 28.7 Å². The number of hydrogen-bond acceptors (Lipinski definition) is 6. The Morgan fingerprint density at radius 1 is 1.18 bits per heavy atom. The SMILES string of the molecule is COc1cc(/C=C(/C#N)c2cccc([N+](=O)[O-])c2)cc(I)c1OCc1cccc(C(=O)O)c1. The number of ether oxygens (including phenoxy) is 2. The number of rotatable bonds is 8. The number of halogens is 1. The van der Waals surface area contributed by atoms with E-state index in [-0.39, 0.29) is 23.4 Å². The molecular weight excluding hydrogens is 539 g/mol. The van der Waals surface area contributed by atoms with Gasteiger partial charge in [0, 0.05) is 12.1 Å². The highest BCUT2D eigenvalue weighted by Crippen LogP contribution is 2.36. The zero-order valence-corrected chi connectivity index (χ0v) is 19.5. The fourth-order valence-corrected chi connectivity index (χ4v) is 3.83. The second-order valence-corrected chi connectivity index (χ2v) is 7.97. The minimum Gasteiger partial charge on any atom is -0.493 e. The lowest BCUT2D eigenvalue weighted by atomic mass is 10.0. The zero-order valence-electron chi connectivity index (χ0n) is 17.3. The van der Waals surface area contributed by atoms with E-state index in [0.29, 0.717) is 31.8 Å². The van der Waals surface area contributed by atoms with Gasteiger partial charge in [-0.15, -0.1) is 0 Å². The average Bonchev–Trinajstić information content (AvgIpc) is 2.81. The Labute approximate surface area is 203 Å². The molecule has 0 aliphatic carbocycles. The van der Waals surface area contributed by atoms with E-state index in [1.807, 2.05) is 0 Å². The fraction of sp³-hybridized carbons (Fsp3) is 0.0833. The van der Waals surface area contributed by atoms with E-state index < -0.39 is 10.9 Å². The minimum absolute atomic E-state index is 0.100. The smallest absolute Gasteiger partial charge is 0.335 e. The first-order valence-electron chi connectivity index (χ1n) is 9.51. The number of nitro groups is 1. The summed E-state index contributed by atoms with van der Waals surface area (Å²) in [5.41, 5.74) is 2.10. The van der Waals surface area contributed by atoms with E-state index in [1.54, 1.807) is 36.4 Å². The van der Waals surface area contributed by atoms with Gasteiger partial charge < -0.3 is 14.6 Å². The molecule has 0 radical (unpaired) electrons. The number of carboxylic acid groups (broad SMARTS) is 1. The van der Waals surface area contributed by atoms with Gasteiger partial charge in [-0.2, -0.15) is 5.26 Å². The van der Waals surface area contributed by atoms with Crippen LogP contribution in [0.2, 0.25) is 0 Å². The lowest BCUT2D eigenvalue weighted by molar-refractivity contribution is -0.384. The number of carboxylic acids is 1. The summed E-state index contributed by atoms with van der Waals surface area (Å²) in [5, 5.41) is 29.8. The molecule has 0 unspecified atom stereocenters. The van der Waals surface area contributed by atoms with E-state index in [1.165, 1.54) is 37.4 Å². The van der Waals surface area contributed by atoms with Crippen molar-refractivity contribution in [2.24, 2.45) is 0 Å². The second kappa shape index (κ2) is 10.6. The van der Waals surface area contributed by atoms with Crippen LogP contribution in [0.5, 0.6) is 11.5 Å². The molecule has 3 rings (SSSR count). The van der Waals surface area contributed by atoms with Gasteiger partial charge in [0.2, 0.25) is 0 Å². The van der Waals surface area contributed by atoms with Crippen molar-refractivity contribution in [2.75, 3.05) is 7.11 Å². The number of aromatic carboxylic acids is 1. The Kier molecular flexibility index (Phi) is 7.63. The van der Waals surface area contributed by atoms with Crippen molar-refractivity contribution in [2.45, 2.75) is 6.61 Å². The summed E-state index contributed by atoms with van der Waals surface area (Å²) in [6.07, 6.45) is 1.61. The average molecular weight is 556 g/mol. The van der Waals surface area contributed by atoms with Gasteiger partial charge >= 0.3 is 5.97 Å². The quantitative estimate of drug-likeness (QED) is 0.127. The van der Waals surface area contributed by atoms with E-state index in [4.69, 9.17) is 14.6 Å². The minimum atomic E-state index is -1.02. The summed E-state index contributed by atoms with van der Waals surface area (Å²) in [7, 11) is 1.49. The normalized spacial score (nSPS) is 10.9. The maximum absolute atomic E-state index is 11.2. The lowest BCUT2D eigenvalue weighted by Crippen LogP contribution is -2.02. The molecule has 0 aromatic heterocycles. The number of benzene rings is 3. The first-order chi connectivity index (χ1) is 15.8. The third kappa shape index (κ3) is 5.87. The van der Waals surface area contributed by atoms with E-state index in [0.717, 1.165) is 0 Å². The van der Waals surface area contributed by atoms with Crippen LogP contribution >= 0.6 is 22.6 Å². The van der Waals surface area contributed by atoms with Gasteiger partial charge in [-0.1, -0.05) is 24.3 Å². The lowest BCUT2D eigenvalue weighted by Gasteiger charge is -2.14. The van der Waals surface area contributed by atoms with Crippen molar-refractivity contribution in [3.8, 4) is 17.6 Å².